The first kappa shape index (κ1) is 13.8. The molecule has 94 valence electrons. The van der Waals surface area contributed by atoms with Crippen LogP contribution in [0.15, 0.2) is 0 Å². The summed E-state index contributed by atoms with van der Waals surface area (Å²) in [5.41, 5.74) is 0. The standard InChI is InChI=1S/C11H22N2O2S/c1-15-6-3-5-12-11(14)8-13-10-4-2-7-16-9-10/h10,13H,2-9H2,1H3,(H,12,14). The van der Waals surface area contributed by atoms with Gasteiger partial charge in [0.05, 0.1) is 6.54 Å². The topological polar surface area (TPSA) is 50.4 Å². The van der Waals surface area contributed by atoms with E-state index in [0.29, 0.717) is 25.7 Å². The normalized spacial score (nSPS) is 20.7. The Bertz CT molecular complexity index is 196. The molecule has 0 aromatic carbocycles. The Labute approximate surface area is 102 Å². The van der Waals surface area contributed by atoms with Crippen molar-refractivity contribution >= 4 is 17.7 Å². The van der Waals surface area contributed by atoms with Gasteiger partial charge < -0.3 is 15.4 Å². The smallest absolute Gasteiger partial charge is 0.233 e. The second-order valence-electron chi connectivity index (χ2n) is 3.99. The van der Waals surface area contributed by atoms with Crippen LogP contribution in [0, 0.1) is 0 Å². The molecule has 1 amide bonds. The minimum absolute atomic E-state index is 0.0895. The van der Waals surface area contributed by atoms with Crippen molar-refractivity contribution in [1.82, 2.24) is 10.6 Å². The van der Waals surface area contributed by atoms with Crippen molar-refractivity contribution in [2.75, 3.05) is 38.3 Å². The number of thioether (sulfide) groups is 1. The first-order valence-corrected chi connectivity index (χ1v) is 7.05. The van der Waals surface area contributed by atoms with Gasteiger partial charge >= 0.3 is 0 Å². The maximum atomic E-state index is 11.4. The molecule has 0 aromatic heterocycles. The zero-order valence-corrected chi connectivity index (χ0v) is 10.8. The third-order valence-corrected chi connectivity index (χ3v) is 3.77. The lowest BCUT2D eigenvalue weighted by Crippen LogP contribution is -2.41. The molecule has 0 aromatic rings. The molecule has 1 rings (SSSR count). The minimum Gasteiger partial charge on any atom is -0.385 e. The number of hydrogen-bond donors (Lipinski definition) is 2. The molecule has 1 saturated heterocycles. The summed E-state index contributed by atoms with van der Waals surface area (Å²) in [6, 6.07) is 0.517. The third-order valence-electron chi connectivity index (χ3n) is 2.56. The van der Waals surface area contributed by atoms with Gasteiger partial charge in [0.1, 0.15) is 0 Å². The Morgan fingerprint density at radius 2 is 2.44 bits per heavy atom. The molecule has 0 aliphatic carbocycles. The number of hydrogen-bond acceptors (Lipinski definition) is 4. The lowest BCUT2D eigenvalue weighted by atomic mass is 10.2. The van der Waals surface area contributed by atoms with Gasteiger partial charge in [-0.05, 0) is 25.0 Å². The van der Waals surface area contributed by atoms with E-state index in [9.17, 15) is 4.79 Å². The second kappa shape index (κ2) is 8.84. The zero-order chi connectivity index (χ0) is 11.6. The van der Waals surface area contributed by atoms with Gasteiger partial charge in [-0.1, -0.05) is 0 Å². The Kier molecular flexibility index (Phi) is 7.63. The number of ether oxygens (including phenoxy) is 1. The first-order valence-electron chi connectivity index (χ1n) is 5.89. The zero-order valence-electron chi connectivity index (χ0n) is 9.96. The Morgan fingerprint density at radius 3 is 3.12 bits per heavy atom. The average Bonchev–Trinajstić information content (AvgIpc) is 2.33. The van der Waals surface area contributed by atoms with Crippen LogP contribution >= 0.6 is 11.8 Å². The fourth-order valence-corrected chi connectivity index (χ4v) is 2.75. The highest BCUT2D eigenvalue weighted by Crippen LogP contribution is 2.16. The van der Waals surface area contributed by atoms with Crippen LogP contribution in [0.2, 0.25) is 0 Å². The number of carbonyl (C=O) groups excluding carboxylic acids is 1. The van der Waals surface area contributed by atoms with Crippen molar-refractivity contribution in [2.24, 2.45) is 0 Å². The number of nitrogens with one attached hydrogen (secondary N) is 2. The molecule has 0 saturated carbocycles. The highest BCUT2D eigenvalue weighted by molar-refractivity contribution is 7.99. The number of rotatable bonds is 7. The van der Waals surface area contributed by atoms with Gasteiger partial charge in [-0.3, -0.25) is 4.79 Å². The van der Waals surface area contributed by atoms with Crippen molar-refractivity contribution in [1.29, 1.82) is 0 Å². The van der Waals surface area contributed by atoms with Crippen LogP contribution in [0.1, 0.15) is 19.3 Å². The quantitative estimate of drug-likeness (QED) is 0.647. The van der Waals surface area contributed by atoms with E-state index in [-0.39, 0.29) is 5.91 Å². The van der Waals surface area contributed by atoms with Crippen molar-refractivity contribution in [3.63, 3.8) is 0 Å². The SMILES string of the molecule is COCCCNC(=O)CNC1CCCSC1. The fraction of sp³-hybridized carbons (Fsp3) is 0.909. The molecule has 0 radical (unpaired) electrons. The average molecular weight is 246 g/mol. The summed E-state index contributed by atoms with van der Waals surface area (Å²) in [5.74, 6) is 2.49. The molecule has 1 aliphatic rings. The van der Waals surface area contributed by atoms with Gasteiger partial charge in [-0.2, -0.15) is 11.8 Å². The molecule has 1 fully saturated rings. The molecule has 16 heavy (non-hydrogen) atoms. The van der Waals surface area contributed by atoms with Gasteiger partial charge in [0.15, 0.2) is 0 Å². The van der Waals surface area contributed by atoms with E-state index in [0.717, 1.165) is 12.2 Å². The van der Waals surface area contributed by atoms with Crippen LogP contribution in [0.5, 0.6) is 0 Å². The Morgan fingerprint density at radius 1 is 1.56 bits per heavy atom. The molecule has 1 unspecified atom stereocenters. The number of amides is 1. The molecule has 1 aliphatic heterocycles. The van der Waals surface area contributed by atoms with Crippen LogP contribution < -0.4 is 10.6 Å². The van der Waals surface area contributed by atoms with Crippen LogP contribution in [-0.4, -0.2) is 50.3 Å². The van der Waals surface area contributed by atoms with Gasteiger partial charge in [-0.15, -0.1) is 0 Å². The molecular weight excluding hydrogens is 224 g/mol. The van der Waals surface area contributed by atoms with E-state index in [1.165, 1.54) is 18.6 Å². The van der Waals surface area contributed by atoms with E-state index in [4.69, 9.17) is 4.74 Å². The molecular formula is C11H22N2O2S. The van der Waals surface area contributed by atoms with E-state index in [2.05, 4.69) is 10.6 Å². The van der Waals surface area contributed by atoms with E-state index in [1.54, 1.807) is 7.11 Å². The predicted octanol–water partition coefficient (Wildman–Crippen LogP) is 0.624. The van der Waals surface area contributed by atoms with Gasteiger partial charge in [-0.25, -0.2) is 0 Å². The minimum atomic E-state index is 0.0895. The monoisotopic (exact) mass is 246 g/mol. The van der Waals surface area contributed by atoms with Crippen LogP contribution in [-0.2, 0) is 9.53 Å². The second-order valence-corrected chi connectivity index (χ2v) is 5.14. The summed E-state index contributed by atoms with van der Waals surface area (Å²) in [6.45, 7) is 1.85. The molecule has 0 spiro atoms. The number of methoxy groups -OCH3 is 1. The maximum absolute atomic E-state index is 11.4. The summed E-state index contributed by atoms with van der Waals surface area (Å²) >= 11 is 1.97. The van der Waals surface area contributed by atoms with E-state index in [1.807, 2.05) is 11.8 Å². The lowest BCUT2D eigenvalue weighted by molar-refractivity contribution is -0.120. The molecule has 5 heteroatoms. The van der Waals surface area contributed by atoms with Crippen LogP contribution in [0.25, 0.3) is 0 Å². The van der Waals surface area contributed by atoms with Gasteiger partial charge in [0, 0.05) is 32.1 Å². The Hall–Kier alpha value is -0.260. The fourth-order valence-electron chi connectivity index (χ4n) is 1.65. The van der Waals surface area contributed by atoms with Gasteiger partial charge in [0.25, 0.3) is 0 Å². The van der Waals surface area contributed by atoms with Crippen LogP contribution in [0.4, 0.5) is 0 Å². The lowest BCUT2D eigenvalue weighted by Gasteiger charge is -2.22. The summed E-state index contributed by atoms with van der Waals surface area (Å²) in [7, 11) is 1.67. The molecule has 1 heterocycles. The number of carbonyl (C=O) groups is 1. The van der Waals surface area contributed by atoms with E-state index < -0.39 is 0 Å². The largest absolute Gasteiger partial charge is 0.385 e. The summed E-state index contributed by atoms with van der Waals surface area (Å²) < 4.78 is 4.91. The van der Waals surface area contributed by atoms with Crippen molar-refractivity contribution in [2.45, 2.75) is 25.3 Å². The Balaban J connectivity index is 1.96. The molecule has 1 atom stereocenters. The summed E-state index contributed by atoms with van der Waals surface area (Å²) in [6.07, 6.45) is 3.34. The highest BCUT2D eigenvalue weighted by atomic mass is 32.2. The molecule has 0 bridgehead atoms. The maximum Gasteiger partial charge on any atom is 0.233 e. The van der Waals surface area contributed by atoms with Crippen LogP contribution in [0.3, 0.4) is 0 Å². The third kappa shape index (κ3) is 6.35. The van der Waals surface area contributed by atoms with E-state index >= 15 is 0 Å². The summed E-state index contributed by atoms with van der Waals surface area (Å²) in [4.78, 5) is 11.4. The summed E-state index contributed by atoms with van der Waals surface area (Å²) in [5, 5.41) is 6.17. The van der Waals surface area contributed by atoms with Crippen molar-refractivity contribution < 1.29 is 9.53 Å². The first-order chi connectivity index (χ1) is 7.83. The van der Waals surface area contributed by atoms with Crippen molar-refractivity contribution in [3.05, 3.63) is 0 Å². The predicted molar refractivity (Wildman–Crippen MR) is 67.9 cm³/mol. The van der Waals surface area contributed by atoms with Gasteiger partial charge in [0.2, 0.25) is 5.91 Å². The molecule has 4 nitrogen and oxygen atoms in total. The van der Waals surface area contributed by atoms with Crippen molar-refractivity contribution in [3.8, 4) is 0 Å². The molecule has 2 N–H and O–H groups in total. The highest BCUT2D eigenvalue weighted by Gasteiger charge is 2.13.